The fraction of sp³-hybridized carbons (Fsp3) is 0.583. The maximum atomic E-state index is 11.9. The Morgan fingerprint density at radius 3 is 2.58 bits per heavy atom. The van der Waals surface area contributed by atoms with Gasteiger partial charge < -0.3 is 10.6 Å². The van der Waals surface area contributed by atoms with Gasteiger partial charge in [0.2, 0.25) is 11.9 Å². The molecule has 1 aliphatic carbocycles. The lowest BCUT2D eigenvalue weighted by molar-refractivity contribution is -0.125. The third-order valence-corrected chi connectivity index (χ3v) is 4.35. The van der Waals surface area contributed by atoms with Crippen LogP contribution in [0.15, 0.2) is 18.5 Å². The number of rotatable bonds is 6. The Labute approximate surface area is 122 Å². The molecule has 0 aliphatic heterocycles. The van der Waals surface area contributed by atoms with Gasteiger partial charge in [-0.15, -0.1) is 23.2 Å². The lowest BCUT2D eigenvalue weighted by atomic mass is 10.1. The van der Waals surface area contributed by atoms with Gasteiger partial charge in [0.1, 0.15) is 4.33 Å². The second-order valence-corrected chi connectivity index (χ2v) is 6.31. The van der Waals surface area contributed by atoms with Crippen molar-refractivity contribution in [1.82, 2.24) is 15.3 Å². The van der Waals surface area contributed by atoms with Crippen molar-refractivity contribution in [3.63, 3.8) is 0 Å². The third kappa shape index (κ3) is 3.28. The zero-order valence-corrected chi connectivity index (χ0v) is 12.1. The van der Waals surface area contributed by atoms with Gasteiger partial charge in [0, 0.05) is 25.5 Å². The summed E-state index contributed by atoms with van der Waals surface area (Å²) in [5.41, 5.74) is -0.647. The number of hydrogen-bond acceptors (Lipinski definition) is 4. The number of alkyl halides is 2. The Bertz CT molecular complexity index is 454. The number of nitrogens with one attached hydrogen (secondary N) is 2. The van der Waals surface area contributed by atoms with Gasteiger partial charge >= 0.3 is 0 Å². The highest BCUT2D eigenvalue weighted by molar-refractivity contribution is 6.53. The molecule has 2 N–H and O–H groups in total. The van der Waals surface area contributed by atoms with E-state index in [4.69, 9.17) is 23.2 Å². The van der Waals surface area contributed by atoms with Crippen molar-refractivity contribution < 1.29 is 4.79 Å². The predicted molar refractivity (Wildman–Crippen MR) is 75.3 cm³/mol. The van der Waals surface area contributed by atoms with Crippen LogP contribution in [0.3, 0.4) is 0 Å². The summed E-state index contributed by atoms with van der Waals surface area (Å²) in [7, 11) is 0. The fourth-order valence-electron chi connectivity index (χ4n) is 1.72. The van der Waals surface area contributed by atoms with E-state index in [-0.39, 0.29) is 5.91 Å². The highest BCUT2D eigenvalue weighted by Gasteiger charge is 2.67. The van der Waals surface area contributed by atoms with Crippen LogP contribution in [-0.4, -0.2) is 33.3 Å². The summed E-state index contributed by atoms with van der Waals surface area (Å²) >= 11 is 11.9. The second-order valence-electron chi connectivity index (χ2n) is 4.82. The molecule has 7 heteroatoms. The molecule has 1 aliphatic rings. The zero-order chi connectivity index (χ0) is 13.9. The predicted octanol–water partition coefficient (Wildman–Crippen LogP) is 1.98. The van der Waals surface area contributed by atoms with Crippen LogP contribution < -0.4 is 10.6 Å². The molecule has 104 valence electrons. The molecule has 5 nitrogen and oxygen atoms in total. The molecule has 0 spiro atoms. The summed E-state index contributed by atoms with van der Waals surface area (Å²) in [5.74, 6) is 0.497. The van der Waals surface area contributed by atoms with E-state index < -0.39 is 9.75 Å². The highest BCUT2D eigenvalue weighted by Crippen LogP contribution is 2.63. The van der Waals surface area contributed by atoms with Gasteiger partial charge in [-0.1, -0.05) is 0 Å². The van der Waals surface area contributed by atoms with Gasteiger partial charge in [-0.25, -0.2) is 9.97 Å². The van der Waals surface area contributed by atoms with E-state index >= 15 is 0 Å². The topological polar surface area (TPSA) is 66.9 Å². The summed E-state index contributed by atoms with van der Waals surface area (Å²) in [4.78, 5) is 19.9. The molecule has 1 aromatic rings. The molecule has 1 amide bonds. The maximum absolute atomic E-state index is 11.9. The Kier molecular flexibility index (Phi) is 4.16. The molecular weight excluding hydrogens is 287 g/mol. The first-order valence-corrected chi connectivity index (χ1v) is 6.88. The molecule has 1 heterocycles. The lowest BCUT2D eigenvalue weighted by Gasteiger charge is -2.12. The minimum Gasteiger partial charge on any atom is -0.355 e. The van der Waals surface area contributed by atoms with Crippen LogP contribution in [0.4, 0.5) is 5.95 Å². The molecule has 1 aromatic heterocycles. The number of nitrogens with zero attached hydrogens (tertiary/aromatic N) is 2. The number of carbonyl (C=O) groups excluding carboxylic acids is 1. The average Bonchev–Trinajstić information content (AvgIpc) is 2.90. The van der Waals surface area contributed by atoms with Gasteiger partial charge in [0.15, 0.2) is 0 Å². The number of amides is 1. The molecule has 1 fully saturated rings. The Morgan fingerprint density at radius 1 is 1.37 bits per heavy atom. The van der Waals surface area contributed by atoms with E-state index in [1.165, 1.54) is 0 Å². The number of halogens is 2. The minimum atomic E-state index is -0.910. The van der Waals surface area contributed by atoms with E-state index in [0.29, 0.717) is 25.5 Å². The molecule has 19 heavy (non-hydrogen) atoms. The lowest BCUT2D eigenvalue weighted by Crippen LogP contribution is -2.34. The Balaban J connectivity index is 1.62. The van der Waals surface area contributed by atoms with Crippen LogP contribution in [0.5, 0.6) is 0 Å². The van der Waals surface area contributed by atoms with Gasteiger partial charge in [-0.05, 0) is 25.8 Å². The molecule has 0 radical (unpaired) electrons. The first-order chi connectivity index (χ1) is 8.96. The Morgan fingerprint density at radius 2 is 2.00 bits per heavy atom. The highest BCUT2D eigenvalue weighted by atomic mass is 35.5. The maximum Gasteiger partial charge on any atom is 0.229 e. The molecule has 2 rings (SSSR count). The third-order valence-electron chi connectivity index (χ3n) is 3.25. The summed E-state index contributed by atoms with van der Waals surface area (Å²) < 4.78 is -0.910. The van der Waals surface area contributed by atoms with Crippen LogP contribution in [0.25, 0.3) is 0 Å². The van der Waals surface area contributed by atoms with E-state index in [1.54, 1.807) is 25.4 Å². The molecule has 0 unspecified atom stereocenters. The number of carbonyl (C=O) groups is 1. The van der Waals surface area contributed by atoms with Gasteiger partial charge in [0.25, 0.3) is 0 Å². The molecule has 0 bridgehead atoms. The van der Waals surface area contributed by atoms with Crippen molar-refractivity contribution in [2.45, 2.75) is 24.1 Å². The van der Waals surface area contributed by atoms with E-state index in [2.05, 4.69) is 20.6 Å². The number of anilines is 1. The largest absolute Gasteiger partial charge is 0.355 e. The molecule has 1 atom stereocenters. The van der Waals surface area contributed by atoms with Crippen LogP contribution in [0.2, 0.25) is 0 Å². The monoisotopic (exact) mass is 302 g/mol. The standard InChI is InChI=1S/C12H16Cl2N4O/c1-11(8-12(11,13)14)9(19)15-4-2-5-16-10-17-6-3-7-18-10/h3,6-7H,2,4-5,8H2,1H3,(H,15,19)(H,16,17,18)/t11-/m1/s1. The molecule has 1 saturated carbocycles. The second kappa shape index (κ2) is 5.51. The first kappa shape index (κ1) is 14.3. The van der Waals surface area contributed by atoms with Crippen LogP contribution in [-0.2, 0) is 4.79 Å². The molecular formula is C12H16Cl2N4O. The van der Waals surface area contributed by atoms with Crippen molar-refractivity contribution in [3.8, 4) is 0 Å². The molecule has 0 saturated heterocycles. The van der Waals surface area contributed by atoms with Gasteiger partial charge in [-0.2, -0.15) is 0 Å². The fourth-order valence-corrected chi connectivity index (χ4v) is 2.43. The van der Waals surface area contributed by atoms with E-state index in [0.717, 1.165) is 6.42 Å². The number of aromatic nitrogens is 2. The minimum absolute atomic E-state index is 0.0894. The van der Waals surface area contributed by atoms with Crippen molar-refractivity contribution in [2.24, 2.45) is 5.41 Å². The van der Waals surface area contributed by atoms with Crippen LogP contribution in [0.1, 0.15) is 19.8 Å². The van der Waals surface area contributed by atoms with Crippen LogP contribution in [0, 0.1) is 5.41 Å². The van der Waals surface area contributed by atoms with Crippen molar-refractivity contribution in [2.75, 3.05) is 18.4 Å². The Hall–Kier alpha value is -1.07. The number of hydrogen-bond donors (Lipinski definition) is 2. The quantitative estimate of drug-likeness (QED) is 0.623. The van der Waals surface area contributed by atoms with Crippen molar-refractivity contribution in [3.05, 3.63) is 18.5 Å². The summed E-state index contributed by atoms with van der Waals surface area (Å²) in [6.07, 6.45) is 4.62. The first-order valence-electron chi connectivity index (χ1n) is 6.13. The zero-order valence-electron chi connectivity index (χ0n) is 10.6. The van der Waals surface area contributed by atoms with Gasteiger partial charge in [-0.3, -0.25) is 4.79 Å². The molecule has 0 aromatic carbocycles. The summed E-state index contributed by atoms with van der Waals surface area (Å²) in [5, 5.41) is 5.90. The smallest absolute Gasteiger partial charge is 0.229 e. The summed E-state index contributed by atoms with van der Waals surface area (Å²) in [6, 6.07) is 1.76. The normalized spacial score (nSPS) is 23.7. The van der Waals surface area contributed by atoms with Crippen molar-refractivity contribution in [1.29, 1.82) is 0 Å². The SMILES string of the molecule is C[C@]1(C(=O)NCCCNc2ncccn2)CC1(Cl)Cl. The van der Waals surface area contributed by atoms with E-state index in [9.17, 15) is 4.79 Å². The van der Waals surface area contributed by atoms with E-state index in [1.807, 2.05) is 0 Å². The van der Waals surface area contributed by atoms with Crippen molar-refractivity contribution >= 4 is 35.1 Å². The van der Waals surface area contributed by atoms with Gasteiger partial charge in [0.05, 0.1) is 5.41 Å². The van der Waals surface area contributed by atoms with Crippen LogP contribution >= 0.6 is 23.2 Å². The summed E-state index contributed by atoms with van der Waals surface area (Å²) in [6.45, 7) is 3.03. The average molecular weight is 303 g/mol.